The van der Waals surface area contributed by atoms with Crippen LogP contribution in [0.2, 0.25) is 0 Å². The lowest BCUT2D eigenvalue weighted by Gasteiger charge is -2.39. The summed E-state index contributed by atoms with van der Waals surface area (Å²) in [6.07, 6.45) is 0. The average Bonchev–Trinajstić information content (AvgIpc) is 2.68. The van der Waals surface area contributed by atoms with Gasteiger partial charge in [-0.1, -0.05) is 18.2 Å². The summed E-state index contributed by atoms with van der Waals surface area (Å²) < 4.78 is 29.4. The first kappa shape index (κ1) is 20.9. The van der Waals surface area contributed by atoms with Gasteiger partial charge in [0.05, 0.1) is 30.3 Å². The number of aliphatic imine (C=N–C) groups is 1. The van der Waals surface area contributed by atoms with E-state index in [9.17, 15) is 8.42 Å². The Morgan fingerprint density at radius 2 is 1.93 bits per heavy atom. The van der Waals surface area contributed by atoms with E-state index in [0.29, 0.717) is 19.6 Å². The molecule has 2 aliphatic heterocycles. The first-order valence-electron chi connectivity index (χ1n) is 10.0. The molecule has 0 unspecified atom stereocenters. The molecule has 7 nitrogen and oxygen atoms in total. The molecule has 2 heterocycles. The van der Waals surface area contributed by atoms with Crippen molar-refractivity contribution in [2.45, 2.75) is 32.1 Å². The quantitative estimate of drug-likeness (QED) is 0.601. The van der Waals surface area contributed by atoms with E-state index < -0.39 is 14.6 Å². The second-order valence-corrected chi connectivity index (χ2v) is 10.6. The van der Waals surface area contributed by atoms with Crippen LogP contribution in [0.4, 0.5) is 5.69 Å². The number of para-hydroxylation sites is 1. The van der Waals surface area contributed by atoms with Crippen molar-refractivity contribution in [3.8, 4) is 0 Å². The van der Waals surface area contributed by atoms with Crippen molar-refractivity contribution < 1.29 is 13.2 Å². The molecule has 0 radical (unpaired) electrons. The number of ether oxygens (including phenoxy) is 1. The number of guanidine groups is 1. The smallest absolute Gasteiger partial charge is 0.194 e. The molecule has 0 saturated carbocycles. The first-order chi connectivity index (χ1) is 13.3. The molecule has 3 rings (SSSR count). The molecule has 0 amide bonds. The summed E-state index contributed by atoms with van der Waals surface area (Å²) in [4.78, 5) is 9.27. The van der Waals surface area contributed by atoms with Crippen LogP contribution in [0.1, 0.15) is 26.3 Å². The first-order valence-corrected chi connectivity index (χ1v) is 11.7. The third-order valence-electron chi connectivity index (χ3n) is 5.42. The number of nitrogens with zero attached hydrogens (tertiary/aromatic N) is 3. The lowest BCUT2D eigenvalue weighted by Crippen LogP contribution is -2.57. The summed E-state index contributed by atoms with van der Waals surface area (Å²) in [5, 5.41) is 3.33. The fourth-order valence-corrected chi connectivity index (χ4v) is 5.03. The summed E-state index contributed by atoms with van der Waals surface area (Å²) in [5.41, 5.74) is 2.37. The second-order valence-electron chi connectivity index (χ2n) is 7.90. The summed E-state index contributed by atoms with van der Waals surface area (Å²) >= 11 is 0. The lowest BCUT2D eigenvalue weighted by atomic mass is 10.1. The van der Waals surface area contributed by atoms with Crippen molar-refractivity contribution in [2.75, 3.05) is 56.6 Å². The normalized spacial score (nSPS) is 22.2. The molecule has 0 spiro atoms. The largest absolute Gasteiger partial charge is 0.378 e. The molecule has 0 bridgehead atoms. The van der Waals surface area contributed by atoms with Gasteiger partial charge in [-0.2, -0.15) is 0 Å². The summed E-state index contributed by atoms with van der Waals surface area (Å²) in [6, 6.07) is 8.35. The highest BCUT2D eigenvalue weighted by Crippen LogP contribution is 2.25. The summed E-state index contributed by atoms with van der Waals surface area (Å²) in [7, 11) is -3.07. The Hall–Kier alpha value is -1.80. The van der Waals surface area contributed by atoms with Gasteiger partial charge in [-0.25, -0.2) is 13.4 Å². The number of sulfone groups is 1. The third-order valence-corrected chi connectivity index (χ3v) is 7.95. The van der Waals surface area contributed by atoms with Gasteiger partial charge in [0.25, 0.3) is 0 Å². The average molecular weight is 409 g/mol. The molecule has 0 atom stereocenters. The molecule has 2 aliphatic rings. The Morgan fingerprint density at radius 1 is 1.21 bits per heavy atom. The fourth-order valence-electron chi connectivity index (χ4n) is 3.67. The van der Waals surface area contributed by atoms with Gasteiger partial charge >= 0.3 is 0 Å². The van der Waals surface area contributed by atoms with Gasteiger partial charge in [0.1, 0.15) is 0 Å². The predicted molar refractivity (Wildman–Crippen MR) is 114 cm³/mol. The molecule has 1 aromatic carbocycles. The highest BCUT2D eigenvalue weighted by Gasteiger charge is 2.40. The maximum atomic E-state index is 12.3. The number of anilines is 1. The van der Waals surface area contributed by atoms with Crippen molar-refractivity contribution in [3.05, 3.63) is 29.8 Å². The molecular weight excluding hydrogens is 376 g/mol. The molecule has 28 heavy (non-hydrogen) atoms. The van der Waals surface area contributed by atoms with Gasteiger partial charge in [-0.05, 0) is 32.4 Å². The maximum absolute atomic E-state index is 12.3. The Kier molecular flexibility index (Phi) is 6.50. The lowest BCUT2D eigenvalue weighted by molar-refractivity contribution is 0.122. The van der Waals surface area contributed by atoms with E-state index in [2.05, 4.69) is 33.3 Å². The minimum Gasteiger partial charge on any atom is -0.378 e. The topological polar surface area (TPSA) is 74.2 Å². The molecule has 0 aliphatic carbocycles. The fraction of sp³-hybridized carbons (Fsp3) is 0.650. The van der Waals surface area contributed by atoms with Crippen LogP contribution in [0.3, 0.4) is 0 Å². The van der Waals surface area contributed by atoms with Crippen LogP contribution in [0.25, 0.3) is 0 Å². The van der Waals surface area contributed by atoms with Crippen molar-refractivity contribution in [3.63, 3.8) is 0 Å². The number of nitrogens with one attached hydrogen (secondary N) is 1. The van der Waals surface area contributed by atoms with Gasteiger partial charge in [-0.3, -0.25) is 0 Å². The Morgan fingerprint density at radius 3 is 2.61 bits per heavy atom. The van der Waals surface area contributed by atoms with E-state index in [1.807, 2.05) is 13.0 Å². The SMILES string of the molecule is CCNC(=NCc1ccccc1N1CCOCC1)N1CCS(=O)(=O)C(C)(C)C1. The number of hydrogen-bond donors (Lipinski definition) is 1. The van der Waals surface area contributed by atoms with Crippen molar-refractivity contribution in [1.29, 1.82) is 0 Å². The molecule has 1 aromatic rings. The zero-order chi connectivity index (χ0) is 20.2. The minimum atomic E-state index is -3.07. The predicted octanol–water partition coefficient (Wildman–Crippen LogP) is 1.50. The van der Waals surface area contributed by atoms with E-state index in [-0.39, 0.29) is 5.75 Å². The van der Waals surface area contributed by atoms with Crippen molar-refractivity contribution in [2.24, 2.45) is 4.99 Å². The molecule has 156 valence electrons. The van der Waals surface area contributed by atoms with Crippen LogP contribution in [-0.4, -0.2) is 75.7 Å². The van der Waals surface area contributed by atoms with Crippen molar-refractivity contribution in [1.82, 2.24) is 10.2 Å². The van der Waals surface area contributed by atoms with Crippen LogP contribution >= 0.6 is 0 Å². The van der Waals surface area contributed by atoms with Crippen LogP contribution in [0.5, 0.6) is 0 Å². The molecule has 2 saturated heterocycles. The highest BCUT2D eigenvalue weighted by atomic mass is 32.2. The van der Waals surface area contributed by atoms with Gasteiger partial charge < -0.3 is 19.9 Å². The van der Waals surface area contributed by atoms with E-state index in [1.54, 1.807) is 13.8 Å². The second kappa shape index (κ2) is 8.69. The zero-order valence-corrected chi connectivity index (χ0v) is 18.0. The van der Waals surface area contributed by atoms with Gasteiger partial charge in [0.15, 0.2) is 15.8 Å². The summed E-state index contributed by atoms with van der Waals surface area (Å²) in [6.45, 7) is 11.1. The number of hydrogen-bond acceptors (Lipinski definition) is 5. The summed E-state index contributed by atoms with van der Waals surface area (Å²) in [5.74, 6) is 0.941. The van der Waals surface area contributed by atoms with Crippen LogP contribution in [0, 0.1) is 0 Å². The molecule has 1 N–H and O–H groups in total. The Balaban J connectivity index is 1.79. The monoisotopic (exact) mass is 408 g/mol. The van der Waals surface area contributed by atoms with E-state index in [1.165, 1.54) is 11.3 Å². The van der Waals surface area contributed by atoms with E-state index in [0.717, 1.165) is 38.8 Å². The minimum absolute atomic E-state index is 0.161. The molecular formula is C20H32N4O3S. The van der Waals surface area contributed by atoms with Gasteiger partial charge in [-0.15, -0.1) is 0 Å². The number of morpholine rings is 1. The molecule has 0 aromatic heterocycles. The van der Waals surface area contributed by atoms with E-state index >= 15 is 0 Å². The standard InChI is InChI=1S/C20H32N4O3S/c1-4-21-19(24-11-14-28(25,26)20(2,3)16-24)22-15-17-7-5-6-8-18(17)23-9-12-27-13-10-23/h5-8H,4,9-16H2,1-3H3,(H,21,22). The van der Waals surface area contributed by atoms with Gasteiger partial charge in [0, 0.05) is 38.4 Å². The van der Waals surface area contributed by atoms with E-state index in [4.69, 9.17) is 9.73 Å². The van der Waals surface area contributed by atoms with Crippen molar-refractivity contribution >= 4 is 21.5 Å². The van der Waals surface area contributed by atoms with Gasteiger partial charge in [0.2, 0.25) is 0 Å². The zero-order valence-electron chi connectivity index (χ0n) is 17.1. The van der Waals surface area contributed by atoms with Crippen LogP contribution < -0.4 is 10.2 Å². The Bertz CT molecular complexity index is 801. The van der Waals surface area contributed by atoms with Crippen LogP contribution in [-0.2, 0) is 21.1 Å². The molecule has 8 heteroatoms. The number of benzene rings is 1. The third kappa shape index (κ3) is 4.60. The highest BCUT2D eigenvalue weighted by molar-refractivity contribution is 7.92. The Labute approximate surface area is 168 Å². The maximum Gasteiger partial charge on any atom is 0.194 e. The van der Waals surface area contributed by atoms with Crippen LogP contribution in [0.15, 0.2) is 29.3 Å². The molecule has 2 fully saturated rings. The number of rotatable bonds is 4.